The molecular weight excluding hydrogens is 464 g/mol. The standard InChI is InChI=1S/C20H16BrClN2O3S/c1-10-7-13(22)5-6-14(10)23-18(26)16-17(25)15-9-28-20(24(15)19(16)27)11-3-2-4-12(21)8-11/h2-8,15,20,25H,9H2,1H3,(H,23,26)/t15?,20-/m0/s1. The van der Waals surface area contributed by atoms with Crippen LogP contribution in [-0.4, -0.2) is 33.6 Å². The zero-order chi connectivity index (χ0) is 20.0. The van der Waals surface area contributed by atoms with Crippen molar-refractivity contribution in [2.24, 2.45) is 0 Å². The van der Waals surface area contributed by atoms with E-state index in [0.29, 0.717) is 16.5 Å². The van der Waals surface area contributed by atoms with Crippen molar-refractivity contribution in [1.82, 2.24) is 4.90 Å². The maximum atomic E-state index is 13.0. The van der Waals surface area contributed by atoms with E-state index in [0.717, 1.165) is 15.6 Å². The van der Waals surface area contributed by atoms with Crippen LogP contribution in [0.4, 0.5) is 5.69 Å². The summed E-state index contributed by atoms with van der Waals surface area (Å²) < 4.78 is 0.911. The molecule has 2 aliphatic rings. The molecule has 4 rings (SSSR count). The average molecular weight is 480 g/mol. The van der Waals surface area contributed by atoms with E-state index >= 15 is 0 Å². The molecule has 2 aromatic rings. The lowest BCUT2D eigenvalue weighted by Gasteiger charge is -2.24. The highest BCUT2D eigenvalue weighted by molar-refractivity contribution is 9.10. The molecule has 2 N–H and O–H groups in total. The molecule has 144 valence electrons. The van der Waals surface area contributed by atoms with Crippen LogP contribution >= 0.6 is 39.3 Å². The monoisotopic (exact) mass is 478 g/mol. The van der Waals surface area contributed by atoms with Gasteiger partial charge in [0, 0.05) is 20.9 Å². The second kappa shape index (κ2) is 7.46. The smallest absolute Gasteiger partial charge is 0.264 e. The Hall–Kier alpha value is -1.96. The number of aryl methyl sites for hydroxylation is 1. The van der Waals surface area contributed by atoms with Gasteiger partial charge in [0.25, 0.3) is 11.8 Å². The van der Waals surface area contributed by atoms with Gasteiger partial charge in [0.2, 0.25) is 0 Å². The molecule has 0 aliphatic carbocycles. The maximum absolute atomic E-state index is 13.0. The van der Waals surface area contributed by atoms with Crippen LogP contribution in [0.25, 0.3) is 0 Å². The summed E-state index contributed by atoms with van der Waals surface area (Å²) in [6.45, 7) is 1.81. The molecule has 0 bridgehead atoms. The van der Waals surface area contributed by atoms with Gasteiger partial charge in [-0.15, -0.1) is 11.8 Å². The van der Waals surface area contributed by atoms with Gasteiger partial charge in [0.05, 0.1) is 0 Å². The SMILES string of the molecule is Cc1cc(Cl)ccc1NC(=O)C1=C(O)C2CS[C@@H](c3cccc(Br)c3)N2C1=O. The fourth-order valence-corrected chi connectivity index (χ4v) is 5.52. The summed E-state index contributed by atoms with van der Waals surface area (Å²) in [5.74, 6) is -0.702. The Morgan fingerprint density at radius 1 is 1.32 bits per heavy atom. The minimum absolute atomic E-state index is 0.167. The predicted molar refractivity (Wildman–Crippen MR) is 114 cm³/mol. The second-order valence-corrected chi connectivity index (χ2v) is 9.11. The van der Waals surface area contributed by atoms with Crippen LogP contribution in [-0.2, 0) is 9.59 Å². The van der Waals surface area contributed by atoms with Crippen molar-refractivity contribution < 1.29 is 14.7 Å². The van der Waals surface area contributed by atoms with Crippen LogP contribution in [0.2, 0.25) is 5.02 Å². The van der Waals surface area contributed by atoms with Crippen LogP contribution in [0, 0.1) is 6.92 Å². The molecule has 2 aromatic carbocycles. The summed E-state index contributed by atoms with van der Waals surface area (Å²) >= 11 is 11.0. The summed E-state index contributed by atoms with van der Waals surface area (Å²) in [6.07, 6.45) is 0. The molecule has 5 nitrogen and oxygen atoms in total. The average Bonchev–Trinajstić information content (AvgIpc) is 3.18. The zero-order valence-electron chi connectivity index (χ0n) is 14.8. The number of halogens is 2. The molecule has 0 spiro atoms. The van der Waals surface area contributed by atoms with Gasteiger partial charge in [-0.25, -0.2) is 0 Å². The number of carbonyl (C=O) groups is 2. The van der Waals surface area contributed by atoms with Crippen molar-refractivity contribution in [1.29, 1.82) is 0 Å². The van der Waals surface area contributed by atoms with Crippen LogP contribution in [0.1, 0.15) is 16.5 Å². The van der Waals surface area contributed by atoms with Crippen LogP contribution in [0.15, 0.2) is 58.3 Å². The van der Waals surface area contributed by atoms with Crippen molar-refractivity contribution in [2.45, 2.75) is 18.3 Å². The first-order valence-corrected chi connectivity index (χ1v) is 10.8. The number of nitrogens with zero attached hydrogens (tertiary/aromatic N) is 1. The number of thioether (sulfide) groups is 1. The lowest BCUT2D eigenvalue weighted by atomic mass is 10.1. The van der Waals surface area contributed by atoms with Gasteiger partial charge in [-0.1, -0.05) is 39.7 Å². The zero-order valence-corrected chi connectivity index (χ0v) is 17.9. The van der Waals surface area contributed by atoms with E-state index in [9.17, 15) is 14.7 Å². The number of hydrogen-bond acceptors (Lipinski definition) is 4. The van der Waals surface area contributed by atoms with Gasteiger partial charge in [-0.3, -0.25) is 9.59 Å². The van der Waals surface area contributed by atoms with Crippen molar-refractivity contribution in [3.05, 3.63) is 74.4 Å². The molecule has 1 saturated heterocycles. The number of carbonyl (C=O) groups excluding carboxylic acids is 2. The molecule has 2 aliphatic heterocycles. The van der Waals surface area contributed by atoms with E-state index in [1.165, 1.54) is 0 Å². The number of hydrogen-bond donors (Lipinski definition) is 2. The van der Waals surface area contributed by atoms with Crippen LogP contribution < -0.4 is 5.32 Å². The number of fused-ring (bicyclic) bond motifs is 1. The minimum Gasteiger partial charge on any atom is -0.509 e. The highest BCUT2D eigenvalue weighted by Crippen LogP contribution is 2.47. The highest BCUT2D eigenvalue weighted by atomic mass is 79.9. The number of benzene rings is 2. The Bertz CT molecular complexity index is 1030. The third-order valence-electron chi connectivity index (χ3n) is 4.82. The van der Waals surface area contributed by atoms with Gasteiger partial charge in [-0.2, -0.15) is 0 Å². The second-order valence-electron chi connectivity index (χ2n) is 6.64. The molecule has 2 amide bonds. The lowest BCUT2D eigenvalue weighted by molar-refractivity contribution is -0.128. The number of nitrogens with one attached hydrogen (secondary N) is 1. The summed E-state index contributed by atoms with van der Waals surface area (Å²) in [5.41, 5.74) is 2.07. The summed E-state index contributed by atoms with van der Waals surface area (Å²) in [6, 6.07) is 12.3. The molecule has 1 unspecified atom stereocenters. The Morgan fingerprint density at radius 2 is 2.11 bits per heavy atom. The van der Waals surface area contributed by atoms with Gasteiger partial charge in [-0.05, 0) is 48.4 Å². The Balaban J connectivity index is 1.60. The molecule has 0 radical (unpaired) electrons. The molecule has 1 fully saturated rings. The molecule has 0 aromatic heterocycles. The van der Waals surface area contributed by atoms with E-state index in [-0.39, 0.29) is 16.7 Å². The Labute approximate surface area is 179 Å². The lowest BCUT2D eigenvalue weighted by Crippen LogP contribution is -2.34. The summed E-state index contributed by atoms with van der Waals surface area (Å²) in [7, 11) is 0. The van der Waals surface area contributed by atoms with Gasteiger partial charge in [0.1, 0.15) is 22.7 Å². The predicted octanol–water partition coefficient (Wildman–Crippen LogP) is 4.82. The Morgan fingerprint density at radius 3 is 2.82 bits per heavy atom. The van der Waals surface area contributed by atoms with Gasteiger partial charge >= 0.3 is 0 Å². The van der Waals surface area contributed by atoms with Gasteiger partial charge < -0.3 is 15.3 Å². The maximum Gasteiger partial charge on any atom is 0.264 e. The third kappa shape index (κ3) is 3.32. The highest BCUT2D eigenvalue weighted by Gasteiger charge is 2.50. The number of anilines is 1. The first-order valence-electron chi connectivity index (χ1n) is 8.57. The topological polar surface area (TPSA) is 69.6 Å². The molecule has 28 heavy (non-hydrogen) atoms. The summed E-state index contributed by atoms with van der Waals surface area (Å²) in [4.78, 5) is 27.4. The molecule has 8 heteroatoms. The van der Waals surface area contributed by atoms with E-state index in [1.807, 2.05) is 31.2 Å². The molecule has 0 saturated carbocycles. The third-order valence-corrected chi connectivity index (χ3v) is 6.87. The largest absolute Gasteiger partial charge is 0.509 e. The van der Waals surface area contributed by atoms with Crippen molar-refractivity contribution in [3.8, 4) is 0 Å². The van der Waals surface area contributed by atoms with Gasteiger partial charge in [0.15, 0.2) is 0 Å². The first-order chi connectivity index (χ1) is 13.4. The quantitative estimate of drug-likeness (QED) is 0.620. The fraction of sp³-hybridized carbons (Fsp3) is 0.200. The van der Waals surface area contributed by atoms with Crippen molar-refractivity contribution in [2.75, 3.05) is 11.1 Å². The van der Waals surface area contributed by atoms with E-state index in [1.54, 1.807) is 34.9 Å². The number of amides is 2. The van der Waals surface area contributed by atoms with Crippen LogP contribution in [0.5, 0.6) is 0 Å². The normalized spacial score (nSPS) is 21.2. The molecule has 2 atom stereocenters. The summed E-state index contributed by atoms with van der Waals surface area (Å²) in [5, 5.41) is 13.6. The first kappa shape index (κ1) is 19.4. The number of aliphatic hydroxyl groups is 1. The van der Waals surface area contributed by atoms with Crippen LogP contribution in [0.3, 0.4) is 0 Å². The fourth-order valence-electron chi connectivity index (χ4n) is 3.45. The molecule has 2 heterocycles. The van der Waals surface area contributed by atoms with Crippen molar-refractivity contribution >= 4 is 56.8 Å². The van der Waals surface area contributed by atoms with E-state index < -0.39 is 17.9 Å². The van der Waals surface area contributed by atoms with Crippen molar-refractivity contribution in [3.63, 3.8) is 0 Å². The number of rotatable bonds is 3. The minimum atomic E-state index is -0.611. The Kier molecular flexibility index (Phi) is 5.16. The molecular formula is C20H16BrClN2O3S. The van der Waals surface area contributed by atoms with E-state index in [4.69, 9.17) is 11.6 Å². The number of aliphatic hydroxyl groups excluding tert-OH is 1. The van der Waals surface area contributed by atoms with E-state index in [2.05, 4.69) is 21.2 Å².